The number of hydrogen-bond donors (Lipinski definition) is 0. The van der Waals surface area contributed by atoms with Crippen LogP contribution >= 0.6 is 0 Å². The molecule has 16 heavy (non-hydrogen) atoms. The highest BCUT2D eigenvalue weighted by Crippen LogP contribution is 2.39. The average molecular weight is 211 g/mol. The second kappa shape index (κ2) is 3.00. The van der Waals surface area contributed by atoms with Gasteiger partial charge in [0, 0.05) is 23.7 Å². The van der Waals surface area contributed by atoms with E-state index in [4.69, 9.17) is 0 Å². The lowest BCUT2D eigenvalue weighted by atomic mass is 10.1. The number of rotatable bonds is 0. The Morgan fingerprint density at radius 2 is 1.75 bits per heavy atom. The van der Waals surface area contributed by atoms with Gasteiger partial charge in [-0.25, -0.2) is 0 Å². The maximum atomic E-state index is 2.40. The predicted molar refractivity (Wildman–Crippen MR) is 67.7 cm³/mol. The molecular formula is C15H17N. The number of benzene rings is 1. The molecule has 1 heteroatoms. The third-order valence-corrected chi connectivity index (χ3v) is 3.35. The highest BCUT2D eigenvalue weighted by molar-refractivity contribution is 5.74. The monoisotopic (exact) mass is 211 g/mol. The summed E-state index contributed by atoms with van der Waals surface area (Å²) in [6, 6.07) is 11.0. The number of nitrogens with zero attached hydrogens (tertiary/aromatic N) is 1. The van der Waals surface area contributed by atoms with Crippen LogP contribution in [0.1, 0.15) is 31.9 Å². The zero-order valence-electron chi connectivity index (χ0n) is 10.1. The summed E-state index contributed by atoms with van der Waals surface area (Å²) < 4.78 is 2.40. The standard InChI is InChI=1S/C15H17N/c1-15(2,3)16-9-8-12-10-11-6-4-5-7-13(11)14(12)16/h4-9H,10H2,1-3H3. The molecule has 82 valence electrons. The van der Waals surface area contributed by atoms with Crippen molar-refractivity contribution in [2.45, 2.75) is 32.7 Å². The van der Waals surface area contributed by atoms with Crippen molar-refractivity contribution in [3.05, 3.63) is 47.7 Å². The SMILES string of the molecule is CC(C)(C)n1ccc2c1-c1ccccc1C2. The van der Waals surface area contributed by atoms with Crippen molar-refractivity contribution in [2.24, 2.45) is 0 Å². The molecule has 0 spiro atoms. The smallest absolute Gasteiger partial charge is 0.0524 e. The van der Waals surface area contributed by atoms with Gasteiger partial charge in [-0.3, -0.25) is 0 Å². The van der Waals surface area contributed by atoms with E-state index in [9.17, 15) is 0 Å². The summed E-state index contributed by atoms with van der Waals surface area (Å²) in [5.41, 5.74) is 5.92. The van der Waals surface area contributed by atoms with Crippen molar-refractivity contribution in [1.82, 2.24) is 4.57 Å². The summed E-state index contributed by atoms with van der Waals surface area (Å²) in [7, 11) is 0. The summed E-state index contributed by atoms with van der Waals surface area (Å²) in [6.45, 7) is 6.77. The summed E-state index contributed by atoms with van der Waals surface area (Å²) in [5, 5.41) is 0. The summed E-state index contributed by atoms with van der Waals surface area (Å²) in [5.74, 6) is 0. The van der Waals surface area contributed by atoms with Gasteiger partial charge in [0.25, 0.3) is 0 Å². The molecule has 1 aliphatic carbocycles. The Morgan fingerprint density at radius 1 is 1.00 bits per heavy atom. The topological polar surface area (TPSA) is 4.93 Å². The Labute approximate surface area is 96.7 Å². The van der Waals surface area contributed by atoms with Gasteiger partial charge in [0.2, 0.25) is 0 Å². The molecule has 1 aromatic carbocycles. The van der Waals surface area contributed by atoms with Gasteiger partial charge in [0.1, 0.15) is 0 Å². The van der Waals surface area contributed by atoms with E-state index in [-0.39, 0.29) is 5.54 Å². The minimum atomic E-state index is 0.158. The molecule has 1 nitrogen and oxygen atoms in total. The lowest BCUT2D eigenvalue weighted by molar-refractivity contribution is 0.403. The Kier molecular flexibility index (Phi) is 1.82. The van der Waals surface area contributed by atoms with Gasteiger partial charge >= 0.3 is 0 Å². The normalized spacial score (nSPS) is 13.7. The van der Waals surface area contributed by atoms with Gasteiger partial charge in [-0.2, -0.15) is 0 Å². The van der Waals surface area contributed by atoms with Gasteiger partial charge in [-0.05, 0) is 38.0 Å². The molecule has 0 saturated heterocycles. The molecule has 0 fully saturated rings. The molecule has 2 aromatic rings. The number of aromatic nitrogens is 1. The second-order valence-electron chi connectivity index (χ2n) is 5.56. The van der Waals surface area contributed by atoms with Crippen LogP contribution in [0.25, 0.3) is 11.3 Å². The Morgan fingerprint density at radius 3 is 2.50 bits per heavy atom. The first-order valence-corrected chi connectivity index (χ1v) is 5.86. The van der Waals surface area contributed by atoms with E-state index >= 15 is 0 Å². The molecule has 1 aromatic heterocycles. The fourth-order valence-corrected chi connectivity index (χ4v) is 2.59. The Balaban J connectivity index is 2.26. The van der Waals surface area contributed by atoms with Crippen LogP contribution in [-0.4, -0.2) is 4.57 Å². The number of hydrogen-bond acceptors (Lipinski definition) is 0. The number of fused-ring (bicyclic) bond motifs is 3. The molecule has 0 unspecified atom stereocenters. The van der Waals surface area contributed by atoms with Gasteiger partial charge < -0.3 is 4.57 Å². The highest BCUT2D eigenvalue weighted by atomic mass is 15.0. The van der Waals surface area contributed by atoms with Gasteiger partial charge in [0.15, 0.2) is 0 Å². The fraction of sp³-hybridized carbons (Fsp3) is 0.333. The Hall–Kier alpha value is -1.50. The summed E-state index contributed by atoms with van der Waals surface area (Å²) >= 11 is 0. The maximum absolute atomic E-state index is 2.40. The van der Waals surface area contributed by atoms with Crippen molar-refractivity contribution in [2.75, 3.05) is 0 Å². The third-order valence-electron chi connectivity index (χ3n) is 3.35. The molecule has 0 atom stereocenters. The molecular weight excluding hydrogens is 194 g/mol. The van der Waals surface area contributed by atoms with Gasteiger partial charge in [-0.1, -0.05) is 24.3 Å². The zero-order valence-corrected chi connectivity index (χ0v) is 10.1. The van der Waals surface area contributed by atoms with Crippen molar-refractivity contribution in [3.8, 4) is 11.3 Å². The molecule has 0 saturated carbocycles. The van der Waals surface area contributed by atoms with Crippen LogP contribution in [0.2, 0.25) is 0 Å². The van der Waals surface area contributed by atoms with E-state index in [1.807, 2.05) is 0 Å². The lowest BCUT2D eigenvalue weighted by Crippen LogP contribution is -2.21. The first-order chi connectivity index (χ1) is 7.57. The van der Waals surface area contributed by atoms with Gasteiger partial charge in [-0.15, -0.1) is 0 Å². The molecule has 0 aliphatic heterocycles. The fourth-order valence-electron chi connectivity index (χ4n) is 2.59. The molecule has 3 rings (SSSR count). The average Bonchev–Trinajstić information content (AvgIpc) is 2.73. The van der Waals surface area contributed by atoms with Crippen molar-refractivity contribution >= 4 is 0 Å². The first-order valence-electron chi connectivity index (χ1n) is 5.86. The van der Waals surface area contributed by atoms with E-state index in [1.54, 1.807) is 0 Å². The maximum Gasteiger partial charge on any atom is 0.0524 e. The summed E-state index contributed by atoms with van der Waals surface area (Å²) in [6.07, 6.45) is 3.31. The predicted octanol–water partition coefficient (Wildman–Crippen LogP) is 3.81. The quantitative estimate of drug-likeness (QED) is 0.533. The van der Waals surface area contributed by atoms with Crippen molar-refractivity contribution in [3.63, 3.8) is 0 Å². The van der Waals surface area contributed by atoms with Crippen molar-refractivity contribution in [1.29, 1.82) is 0 Å². The van der Waals surface area contributed by atoms with Crippen LogP contribution in [0.5, 0.6) is 0 Å². The lowest BCUT2D eigenvalue weighted by Gasteiger charge is -2.24. The van der Waals surface area contributed by atoms with E-state index in [0.29, 0.717) is 0 Å². The minimum absolute atomic E-state index is 0.158. The largest absolute Gasteiger partial charge is 0.342 e. The van der Waals surface area contributed by atoms with Crippen LogP contribution in [0.4, 0.5) is 0 Å². The molecule has 0 N–H and O–H groups in total. The van der Waals surface area contributed by atoms with Gasteiger partial charge in [0.05, 0.1) is 5.69 Å². The molecule has 0 bridgehead atoms. The highest BCUT2D eigenvalue weighted by Gasteiger charge is 2.25. The molecule has 1 heterocycles. The summed E-state index contributed by atoms with van der Waals surface area (Å²) in [4.78, 5) is 0. The van der Waals surface area contributed by atoms with E-state index in [0.717, 1.165) is 6.42 Å². The van der Waals surface area contributed by atoms with Crippen LogP contribution in [0.3, 0.4) is 0 Å². The third kappa shape index (κ3) is 1.24. The molecule has 1 aliphatic rings. The van der Waals surface area contributed by atoms with E-state index in [1.165, 1.54) is 22.4 Å². The van der Waals surface area contributed by atoms with Crippen LogP contribution in [0.15, 0.2) is 36.5 Å². The zero-order chi connectivity index (χ0) is 11.3. The van der Waals surface area contributed by atoms with E-state index in [2.05, 4.69) is 61.9 Å². The van der Waals surface area contributed by atoms with Crippen LogP contribution in [-0.2, 0) is 12.0 Å². The second-order valence-corrected chi connectivity index (χ2v) is 5.56. The molecule has 0 amide bonds. The molecule has 0 radical (unpaired) electrons. The van der Waals surface area contributed by atoms with E-state index < -0.39 is 0 Å². The van der Waals surface area contributed by atoms with Crippen molar-refractivity contribution < 1.29 is 0 Å². The van der Waals surface area contributed by atoms with Crippen LogP contribution < -0.4 is 0 Å². The minimum Gasteiger partial charge on any atom is -0.342 e. The van der Waals surface area contributed by atoms with Crippen LogP contribution in [0, 0.1) is 0 Å². The first kappa shape index (κ1) is 9.71. The Bertz CT molecular complexity index is 541.